The molecule has 6 heterocycles. The maximum absolute atomic E-state index is 13.7. The minimum Gasteiger partial charge on any atom is -0.450 e. The van der Waals surface area contributed by atoms with Gasteiger partial charge in [-0.25, -0.2) is 9.50 Å². The van der Waals surface area contributed by atoms with Crippen molar-refractivity contribution >= 4 is 39.9 Å². The van der Waals surface area contributed by atoms with Gasteiger partial charge < -0.3 is 23.9 Å². The van der Waals surface area contributed by atoms with E-state index in [9.17, 15) is 18.0 Å². The molecule has 39 heavy (non-hydrogen) atoms. The van der Waals surface area contributed by atoms with Crippen LogP contribution < -0.4 is 15.6 Å². The minimum atomic E-state index is -4.67. The molecule has 0 radical (unpaired) electrons. The van der Waals surface area contributed by atoms with E-state index in [0.717, 1.165) is 16.8 Å². The number of nitrogens with one attached hydrogen (secondary N) is 1. The second-order valence-electron chi connectivity index (χ2n) is 8.97. The Kier molecular flexibility index (Phi) is 6.14. The van der Waals surface area contributed by atoms with Crippen molar-refractivity contribution in [3.8, 4) is 11.5 Å². The molecule has 1 fully saturated rings. The number of fused-ring (bicyclic) bond motifs is 2. The molecule has 1 aliphatic heterocycles. The number of halogens is 4. The Bertz CT molecular complexity index is 1760. The van der Waals surface area contributed by atoms with Crippen LogP contribution in [0.2, 0.25) is 5.02 Å². The molecule has 1 unspecified atom stereocenters. The highest BCUT2D eigenvalue weighted by Gasteiger charge is 2.33. The monoisotopic (exact) mass is 560 g/mol. The highest BCUT2D eigenvalue weighted by molar-refractivity contribution is 6.36. The van der Waals surface area contributed by atoms with Crippen molar-refractivity contribution in [3.63, 3.8) is 0 Å². The van der Waals surface area contributed by atoms with Gasteiger partial charge in [0.2, 0.25) is 5.95 Å². The van der Waals surface area contributed by atoms with Gasteiger partial charge in [0.15, 0.2) is 17.1 Å². The third kappa shape index (κ3) is 4.55. The van der Waals surface area contributed by atoms with E-state index in [2.05, 4.69) is 25.4 Å². The average molecular weight is 561 g/mol. The average Bonchev–Trinajstić information content (AvgIpc) is 3.47. The fourth-order valence-corrected chi connectivity index (χ4v) is 4.79. The Hall–Kier alpha value is -4.17. The highest BCUT2D eigenvalue weighted by atomic mass is 35.5. The first-order valence-electron chi connectivity index (χ1n) is 11.8. The smallest absolute Gasteiger partial charge is 0.417 e. The molecule has 0 spiro atoms. The summed E-state index contributed by atoms with van der Waals surface area (Å²) < 4.78 is 56.7. The van der Waals surface area contributed by atoms with Crippen molar-refractivity contribution < 1.29 is 22.6 Å². The van der Waals surface area contributed by atoms with Crippen molar-refractivity contribution in [2.24, 2.45) is 7.05 Å². The maximum Gasteiger partial charge on any atom is 0.417 e. The van der Waals surface area contributed by atoms with E-state index >= 15 is 0 Å². The first-order valence-corrected chi connectivity index (χ1v) is 12.2. The van der Waals surface area contributed by atoms with Crippen molar-refractivity contribution in [2.45, 2.75) is 25.1 Å². The van der Waals surface area contributed by atoms with Crippen LogP contribution in [0.1, 0.15) is 24.4 Å². The van der Waals surface area contributed by atoms with Gasteiger partial charge in [-0.05, 0) is 18.9 Å². The molecule has 0 bridgehead atoms. The summed E-state index contributed by atoms with van der Waals surface area (Å²) in [6, 6.07) is 0.255. The number of anilines is 2. The molecule has 11 nitrogen and oxygen atoms in total. The van der Waals surface area contributed by atoms with Gasteiger partial charge >= 0.3 is 6.18 Å². The van der Waals surface area contributed by atoms with Crippen molar-refractivity contribution in [3.05, 3.63) is 64.2 Å². The van der Waals surface area contributed by atoms with Crippen LogP contribution in [0.25, 0.3) is 16.7 Å². The van der Waals surface area contributed by atoms with E-state index in [1.54, 1.807) is 30.2 Å². The van der Waals surface area contributed by atoms with Crippen LogP contribution in [0.4, 0.5) is 24.8 Å². The summed E-state index contributed by atoms with van der Waals surface area (Å²) >= 11 is 6.65. The Morgan fingerprint density at radius 2 is 2.08 bits per heavy atom. The lowest BCUT2D eigenvalue weighted by Gasteiger charge is -2.25. The molecule has 0 aromatic carbocycles. The summed E-state index contributed by atoms with van der Waals surface area (Å²) in [5.74, 6) is 0.665. The minimum absolute atomic E-state index is 0.0691. The number of pyridine rings is 2. The number of hydrogen-bond acceptors (Lipinski definition) is 8. The van der Waals surface area contributed by atoms with Crippen LogP contribution >= 0.6 is 11.6 Å². The molecule has 202 valence electrons. The summed E-state index contributed by atoms with van der Waals surface area (Å²) in [7, 11) is 1.59. The number of ether oxygens (including phenoxy) is 2. The van der Waals surface area contributed by atoms with Crippen LogP contribution in [0.5, 0.6) is 11.5 Å². The number of alkyl halides is 3. The highest BCUT2D eigenvalue weighted by Crippen LogP contribution is 2.37. The molecule has 15 heteroatoms. The van der Waals surface area contributed by atoms with E-state index in [0.29, 0.717) is 36.2 Å². The number of rotatable bonds is 5. The third-order valence-corrected chi connectivity index (χ3v) is 6.83. The zero-order chi connectivity index (χ0) is 27.3. The van der Waals surface area contributed by atoms with E-state index in [1.807, 2.05) is 0 Å². The normalized spacial score (nSPS) is 16.2. The SMILES string of the molecule is Cn1c(Nc2cc(C(F)(F)F)cn(C3CCCOC3)c2=O)nc2ncc(Oc3cnn4ccncc34)c(Cl)c21. The second kappa shape index (κ2) is 9.54. The standard InChI is InChI=1S/C24H20ClF3N8O3/c1-34-20-19(25)18(39-17-10-31-36-5-4-29-8-16(17)36)9-30-21(20)33-23(34)32-15-7-13(24(26,27)28)11-35(22(15)37)14-3-2-6-38-12-14/h4-5,7-11,14H,2-3,6,12H2,1H3,(H,30,32,33). The number of aryl methyl sites for hydroxylation is 1. The third-order valence-electron chi connectivity index (χ3n) is 6.46. The summed E-state index contributed by atoms with van der Waals surface area (Å²) in [6.07, 6.45) is 5.03. The number of nitrogens with zero attached hydrogens (tertiary/aromatic N) is 7. The molecule has 5 aromatic heterocycles. The van der Waals surface area contributed by atoms with Gasteiger partial charge in [0.1, 0.15) is 21.7 Å². The lowest BCUT2D eigenvalue weighted by atomic mass is 10.1. The molecule has 6 rings (SSSR count). The van der Waals surface area contributed by atoms with Crippen LogP contribution in [0.15, 0.2) is 48.0 Å². The first-order chi connectivity index (χ1) is 18.7. The van der Waals surface area contributed by atoms with Crippen LogP contribution in [-0.4, -0.2) is 46.9 Å². The van der Waals surface area contributed by atoms with Gasteiger partial charge in [-0.1, -0.05) is 11.6 Å². The summed E-state index contributed by atoms with van der Waals surface area (Å²) in [5, 5.41) is 7.10. The Balaban J connectivity index is 1.38. The quantitative estimate of drug-likeness (QED) is 0.328. The Labute approximate surface area is 222 Å². The van der Waals surface area contributed by atoms with E-state index < -0.39 is 23.3 Å². The van der Waals surface area contributed by atoms with Gasteiger partial charge in [-0.15, -0.1) is 0 Å². The van der Waals surface area contributed by atoms with E-state index in [4.69, 9.17) is 21.1 Å². The summed E-state index contributed by atoms with van der Waals surface area (Å²) in [4.78, 5) is 26.0. The topological polar surface area (TPSA) is 113 Å². The largest absolute Gasteiger partial charge is 0.450 e. The maximum atomic E-state index is 13.7. The van der Waals surface area contributed by atoms with Crippen LogP contribution in [0.3, 0.4) is 0 Å². The second-order valence-corrected chi connectivity index (χ2v) is 9.35. The van der Waals surface area contributed by atoms with E-state index in [-0.39, 0.29) is 34.7 Å². The Morgan fingerprint density at radius 3 is 2.85 bits per heavy atom. The fourth-order valence-electron chi connectivity index (χ4n) is 4.49. The van der Waals surface area contributed by atoms with Gasteiger partial charge in [0.05, 0.1) is 36.8 Å². The lowest BCUT2D eigenvalue weighted by Crippen LogP contribution is -2.32. The lowest BCUT2D eigenvalue weighted by molar-refractivity contribution is -0.138. The van der Waals surface area contributed by atoms with Crippen LogP contribution in [0, 0.1) is 0 Å². The van der Waals surface area contributed by atoms with Gasteiger partial charge in [0, 0.05) is 32.2 Å². The molecule has 1 atom stereocenters. The van der Waals surface area contributed by atoms with Gasteiger partial charge in [0.25, 0.3) is 5.56 Å². The van der Waals surface area contributed by atoms with Crippen molar-refractivity contribution in [1.82, 2.24) is 33.7 Å². The molecule has 1 N–H and O–H groups in total. The zero-order valence-corrected chi connectivity index (χ0v) is 21.1. The van der Waals surface area contributed by atoms with Crippen molar-refractivity contribution in [1.29, 1.82) is 0 Å². The molecule has 0 amide bonds. The zero-order valence-electron chi connectivity index (χ0n) is 20.3. The predicted octanol–water partition coefficient (Wildman–Crippen LogP) is 4.73. The molecule has 0 aliphatic carbocycles. The Morgan fingerprint density at radius 1 is 1.23 bits per heavy atom. The molecular weight excluding hydrogens is 541 g/mol. The number of imidazole rings is 1. The van der Waals surface area contributed by atoms with E-state index in [1.165, 1.54) is 17.0 Å². The predicted molar refractivity (Wildman–Crippen MR) is 135 cm³/mol. The summed E-state index contributed by atoms with van der Waals surface area (Å²) in [5.41, 5.74) is -0.740. The molecule has 1 saturated heterocycles. The molecule has 5 aromatic rings. The van der Waals surface area contributed by atoms with Gasteiger partial charge in [-0.3, -0.25) is 9.78 Å². The molecule has 1 aliphatic rings. The molecular formula is C24H20ClF3N8O3. The fraction of sp³-hybridized carbons (Fsp3) is 0.292. The van der Waals surface area contributed by atoms with Crippen molar-refractivity contribution in [2.75, 3.05) is 18.5 Å². The number of hydrogen-bond donors (Lipinski definition) is 1. The summed E-state index contributed by atoms with van der Waals surface area (Å²) in [6.45, 7) is 0.654. The number of aromatic nitrogens is 7. The van der Waals surface area contributed by atoms with Crippen LogP contribution in [-0.2, 0) is 18.0 Å². The molecule has 0 saturated carbocycles. The van der Waals surface area contributed by atoms with Gasteiger partial charge in [-0.2, -0.15) is 23.3 Å². The first kappa shape index (κ1) is 25.1.